The first-order valence-electron chi connectivity index (χ1n) is 10.3. The Morgan fingerprint density at radius 2 is 1.81 bits per heavy atom. The molecule has 2 heterocycles. The molecule has 0 spiro atoms. The van der Waals surface area contributed by atoms with Crippen LogP contribution in [0, 0.1) is 6.42 Å². The summed E-state index contributed by atoms with van der Waals surface area (Å²) in [4.78, 5) is 28.2. The number of amides is 2. The Labute approximate surface area is 162 Å². The summed E-state index contributed by atoms with van der Waals surface area (Å²) >= 11 is 0. The lowest BCUT2D eigenvalue weighted by Crippen LogP contribution is -2.61. The lowest BCUT2D eigenvalue weighted by molar-refractivity contribution is -0.134. The van der Waals surface area contributed by atoms with Gasteiger partial charge in [0.15, 0.2) is 0 Å². The first-order valence-corrected chi connectivity index (χ1v) is 10.3. The zero-order valence-electron chi connectivity index (χ0n) is 16.5. The number of primary amides is 1. The van der Waals surface area contributed by atoms with Crippen molar-refractivity contribution in [1.82, 2.24) is 9.80 Å². The van der Waals surface area contributed by atoms with Crippen LogP contribution in [0.25, 0.3) is 0 Å². The molecule has 3 rings (SSSR count). The maximum atomic E-state index is 12.5. The summed E-state index contributed by atoms with van der Waals surface area (Å²) in [5, 5.41) is 0. The Balaban J connectivity index is 1.46. The molecule has 0 saturated carbocycles. The zero-order valence-corrected chi connectivity index (χ0v) is 16.5. The monoisotopic (exact) mass is 370 g/mol. The highest BCUT2D eigenvalue weighted by molar-refractivity contribution is 5.86. The van der Waals surface area contributed by atoms with Gasteiger partial charge in [-0.3, -0.25) is 14.5 Å². The van der Waals surface area contributed by atoms with Gasteiger partial charge in [0, 0.05) is 19.1 Å². The van der Waals surface area contributed by atoms with E-state index in [1.54, 1.807) is 6.42 Å². The lowest BCUT2D eigenvalue weighted by atomic mass is 9.97. The van der Waals surface area contributed by atoms with Crippen molar-refractivity contribution >= 4 is 11.8 Å². The van der Waals surface area contributed by atoms with Gasteiger partial charge in [-0.15, -0.1) is 0 Å². The highest BCUT2D eigenvalue weighted by atomic mass is 16.2. The van der Waals surface area contributed by atoms with E-state index in [-0.39, 0.29) is 18.2 Å². The second-order valence-electron chi connectivity index (χ2n) is 7.86. The highest BCUT2D eigenvalue weighted by Crippen LogP contribution is 2.21. The van der Waals surface area contributed by atoms with Crippen molar-refractivity contribution in [2.24, 2.45) is 5.73 Å². The Hall–Kier alpha value is -1.88. The fourth-order valence-electron chi connectivity index (χ4n) is 4.16. The fraction of sp³-hybridized carbons (Fsp3) is 0.591. The van der Waals surface area contributed by atoms with Gasteiger partial charge in [-0.1, -0.05) is 38.0 Å². The molecule has 1 aromatic rings. The lowest BCUT2D eigenvalue weighted by Gasteiger charge is -2.45. The van der Waals surface area contributed by atoms with E-state index in [0.717, 1.165) is 36.2 Å². The third-order valence-electron chi connectivity index (χ3n) is 5.86. The number of benzene rings is 1. The van der Waals surface area contributed by atoms with E-state index in [2.05, 4.69) is 17.9 Å². The van der Waals surface area contributed by atoms with E-state index >= 15 is 0 Å². The summed E-state index contributed by atoms with van der Waals surface area (Å²) in [6.45, 7) is 6.18. The van der Waals surface area contributed by atoms with Crippen molar-refractivity contribution in [2.75, 3.05) is 26.2 Å². The Morgan fingerprint density at radius 1 is 1.11 bits per heavy atom. The van der Waals surface area contributed by atoms with Gasteiger partial charge in [0.05, 0.1) is 12.8 Å². The first-order chi connectivity index (χ1) is 13.1. The Morgan fingerprint density at radius 3 is 2.44 bits per heavy atom. The average molecular weight is 371 g/mol. The molecule has 0 bridgehead atoms. The number of hydrogen-bond acceptors (Lipinski definition) is 3. The molecule has 0 unspecified atom stereocenters. The minimum atomic E-state index is -0.309. The average Bonchev–Trinajstić information content (AvgIpc) is 2.88. The number of carbonyl (C=O) groups is 2. The summed E-state index contributed by atoms with van der Waals surface area (Å²) in [7, 11) is 0. The number of nitrogens with two attached hydrogens (primary N) is 1. The van der Waals surface area contributed by atoms with Crippen LogP contribution >= 0.6 is 0 Å². The molecule has 2 saturated heterocycles. The van der Waals surface area contributed by atoms with Gasteiger partial charge in [0.25, 0.3) is 0 Å². The number of likely N-dealkylation sites (tertiary alicyclic amines) is 2. The second kappa shape index (κ2) is 9.36. The number of hydrogen-bond donors (Lipinski definition) is 1. The molecule has 5 nitrogen and oxygen atoms in total. The summed E-state index contributed by atoms with van der Waals surface area (Å²) in [6, 6.07) is 6.62. The van der Waals surface area contributed by atoms with Crippen molar-refractivity contribution in [3.63, 3.8) is 0 Å². The van der Waals surface area contributed by atoms with Crippen LogP contribution in [0.15, 0.2) is 18.2 Å². The van der Waals surface area contributed by atoms with Gasteiger partial charge in [-0.05, 0) is 55.5 Å². The molecule has 1 aromatic carbocycles. The molecule has 0 aromatic heterocycles. The van der Waals surface area contributed by atoms with Crippen molar-refractivity contribution < 1.29 is 9.59 Å². The van der Waals surface area contributed by atoms with E-state index < -0.39 is 0 Å². The first kappa shape index (κ1) is 19.9. The summed E-state index contributed by atoms with van der Waals surface area (Å²) in [5.74, 6) is -0.170. The molecule has 2 N–H and O–H groups in total. The van der Waals surface area contributed by atoms with Crippen LogP contribution in [-0.2, 0) is 28.9 Å². The topological polar surface area (TPSA) is 66.6 Å². The predicted octanol–water partition coefficient (Wildman–Crippen LogP) is 2.11. The van der Waals surface area contributed by atoms with Crippen LogP contribution < -0.4 is 5.73 Å². The smallest absolute Gasteiger partial charge is 0.226 e. The number of rotatable bonds is 7. The normalized spacial score (nSPS) is 18.8. The Kier molecular flexibility index (Phi) is 6.89. The number of aryl methyl sites for hydroxylation is 1. The molecular formula is C22H32N3O2. The molecule has 2 aliphatic heterocycles. The molecular weight excluding hydrogens is 338 g/mol. The van der Waals surface area contributed by atoms with Crippen LogP contribution in [0.1, 0.15) is 49.3 Å². The van der Waals surface area contributed by atoms with Crippen LogP contribution in [0.4, 0.5) is 0 Å². The van der Waals surface area contributed by atoms with E-state index in [1.807, 2.05) is 17.0 Å². The third kappa shape index (κ3) is 5.32. The van der Waals surface area contributed by atoms with Crippen molar-refractivity contribution in [3.8, 4) is 0 Å². The van der Waals surface area contributed by atoms with Crippen molar-refractivity contribution in [1.29, 1.82) is 0 Å². The second-order valence-corrected chi connectivity index (χ2v) is 7.86. The molecule has 5 heteroatoms. The van der Waals surface area contributed by atoms with E-state index in [9.17, 15) is 9.59 Å². The van der Waals surface area contributed by atoms with E-state index in [0.29, 0.717) is 12.5 Å². The van der Waals surface area contributed by atoms with Crippen LogP contribution in [-0.4, -0.2) is 53.8 Å². The predicted molar refractivity (Wildman–Crippen MR) is 107 cm³/mol. The highest BCUT2D eigenvalue weighted by Gasteiger charge is 2.34. The minimum absolute atomic E-state index is 0.139. The molecule has 2 amide bonds. The molecule has 0 aliphatic carbocycles. The SMILES string of the molecule is CCc1cc(C[CH]C(=O)N2CC(N3CCCCCC3)C2)ccc1CC(N)=O. The number of nitrogens with zero attached hydrogens (tertiary/aromatic N) is 2. The van der Waals surface area contributed by atoms with Gasteiger partial charge in [-0.25, -0.2) is 0 Å². The summed E-state index contributed by atoms with van der Waals surface area (Å²) in [5.41, 5.74) is 8.55. The zero-order chi connectivity index (χ0) is 19.2. The quantitative estimate of drug-likeness (QED) is 0.799. The summed E-state index contributed by atoms with van der Waals surface area (Å²) < 4.78 is 0. The van der Waals surface area contributed by atoms with E-state index in [1.165, 1.54) is 38.8 Å². The van der Waals surface area contributed by atoms with Gasteiger partial charge in [0.1, 0.15) is 0 Å². The van der Waals surface area contributed by atoms with Crippen LogP contribution in [0.5, 0.6) is 0 Å². The fourth-order valence-corrected chi connectivity index (χ4v) is 4.16. The third-order valence-corrected chi connectivity index (χ3v) is 5.86. The summed E-state index contributed by atoms with van der Waals surface area (Å²) in [6.07, 6.45) is 8.83. The minimum Gasteiger partial charge on any atom is -0.369 e. The molecule has 147 valence electrons. The largest absolute Gasteiger partial charge is 0.369 e. The van der Waals surface area contributed by atoms with Gasteiger partial charge in [-0.2, -0.15) is 0 Å². The van der Waals surface area contributed by atoms with Crippen molar-refractivity contribution in [2.45, 2.75) is 57.9 Å². The van der Waals surface area contributed by atoms with Gasteiger partial charge < -0.3 is 10.6 Å². The maximum Gasteiger partial charge on any atom is 0.226 e. The Bertz CT molecular complexity index is 660. The molecule has 2 aliphatic rings. The van der Waals surface area contributed by atoms with Crippen molar-refractivity contribution in [3.05, 3.63) is 41.3 Å². The van der Waals surface area contributed by atoms with E-state index in [4.69, 9.17) is 5.73 Å². The molecule has 2 fully saturated rings. The van der Waals surface area contributed by atoms with Gasteiger partial charge in [0.2, 0.25) is 11.8 Å². The molecule has 1 radical (unpaired) electrons. The maximum absolute atomic E-state index is 12.5. The van der Waals surface area contributed by atoms with Gasteiger partial charge >= 0.3 is 0 Å². The van der Waals surface area contributed by atoms with Crippen LogP contribution in [0.2, 0.25) is 0 Å². The van der Waals surface area contributed by atoms with Crippen LogP contribution in [0.3, 0.4) is 0 Å². The number of carbonyl (C=O) groups excluding carboxylic acids is 2. The molecule has 0 atom stereocenters. The standard InChI is InChI=1S/C22H32N3O2/c1-2-18-13-17(7-9-19(18)14-21(23)26)8-10-22(27)25-15-20(16-25)24-11-5-3-4-6-12-24/h7,9-10,13,20H,2-6,8,11-12,14-16H2,1H3,(H2,23,26). The molecule has 27 heavy (non-hydrogen) atoms.